The molecule has 0 aromatic heterocycles. The van der Waals surface area contributed by atoms with E-state index in [-0.39, 0.29) is 0 Å². The summed E-state index contributed by atoms with van der Waals surface area (Å²) in [7, 11) is 0. The third-order valence-corrected chi connectivity index (χ3v) is 1.86. The minimum Gasteiger partial charge on any atom is -0.0955 e. The van der Waals surface area contributed by atoms with Crippen LogP contribution in [-0.2, 0) is 6.42 Å². The minimum absolute atomic E-state index is 1.09. The highest BCUT2D eigenvalue weighted by atomic mass is 14.0. The first-order valence-electron chi connectivity index (χ1n) is 4.99. The van der Waals surface area contributed by atoms with Crippen molar-refractivity contribution >= 4 is 5.57 Å². The molecule has 1 aromatic carbocycles. The lowest BCUT2D eigenvalue weighted by Gasteiger charge is -2.05. The summed E-state index contributed by atoms with van der Waals surface area (Å²) >= 11 is 0. The van der Waals surface area contributed by atoms with Crippen LogP contribution < -0.4 is 0 Å². The molecule has 72 valence electrons. The van der Waals surface area contributed by atoms with Gasteiger partial charge in [-0.15, -0.1) is 0 Å². The van der Waals surface area contributed by atoms with Crippen molar-refractivity contribution in [3.05, 3.63) is 42.0 Å². The van der Waals surface area contributed by atoms with Crippen molar-refractivity contribution in [3.8, 4) is 0 Å². The van der Waals surface area contributed by atoms with Gasteiger partial charge in [0.2, 0.25) is 0 Å². The van der Waals surface area contributed by atoms with E-state index in [9.17, 15) is 0 Å². The first-order valence-corrected chi connectivity index (χ1v) is 4.99. The summed E-state index contributed by atoms with van der Waals surface area (Å²) in [5, 5.41) is 0. The number of aryl methyl sites for hydroxylation is 1. The summed E-state index contributed by atoms with van der Waals surface area (Å²) in [5.41, 5.74) is 3.84. The van der Waals surface area contributed by atoms with Crippen molar-refractivity contribution in [2.75, 3.05) is 0 Å². The lowest BCUT2D eigenvalue weighted by Crippen LogP contribution is -1.87. The Morgan fingerprint density at radius 3 is 2.15 bits per heavy atom. The quantitative estimate of drug-likeness (QED) is 0.630. The molecule has 0 atom stereocenters. The van der Waals surface area contributed by atoms with Gasteiger partial charge < -0.3 is 0 Å². The molecular formula is C13H20. The molecule has 0 amide bonds. The van der Waals surface area contributed by atoms with Gasteiger partial charge in [0.1, 0.15) is 0 Å². The summed E-state index contributed by atoms with van der Waals surface area (Å²) < 4.78 is 0. The molecular weight excluding hydrogens is 156 g/mol. The minimum atomic E-state index is 1.09. The first-order chi connectivity index (χ1) is 6.25. The average molecular weight is 176 g/mol. The summed E-state index contributed by atoms with van der Waals surface area (Å²) in [5.74, 6) is 0. The van der Waals surface area contributed by atoms with Crippen LogP contribution in [0, 0.1) is 0 Å². The van der Waals surface area contributed by atoms with Gasteiger partial charge in [-0.25, -0.2) is 0 Å². The van der Waals surface area contributed by atoms with E-state index in [1.807, 2.05) is 13.8 Å². The molecule has 1 aromatic rings. The zero-order chi connectivity index (χ0) is 10.3. The van der Waals surface area contributed by atoms with Crippen molar-refractivity contribution in [2.24, 2.45) is 0 Å². The van der Waals surface area contributed by atoms with Crippen molar-refractivity contribution in [1.82, 2.24) is 0 Å². The Morgan fingerprint density at radius 2 is 1.77 bits per heavy atom. The van der Waals surface area contributed by atoms with Crippen LogP contribution in [0.25, 0.3) is 5.57 Å². The SMILES string of the molecule is C=C(C)c1ccccc1CC.CC. The first kappa shape index (κ1) is 12.0. The van der Waals surface area contributed by atoms with Gasteiger partial charge in [0, 0.05) is 0 Å². The Kier molecular flexibility index (Phi) is 5.96. The van der Waals surface area contributed by atoms with Crippen molar-refractivity contribution in [3.63, 3.8) is 0 Å². The predicted octanol–water partition coefficient (Wildman–Crippen LogP) is 4.31. The van der Waals surface area contributed by atoms with Gasteiger partial charge >= 0.3 is 0 Å². The summed E-state index contributed by atoms with van der Waals surface area (Å²) in [4.78, 5) is 0. The van der Waals surface area contributed by atoms with Gasteiger partial charge in [-0.1, -0.05) is 57.2 Å². The standard InChI is InChI=1S/C11H14.C2H6/c1-4-10-7-5-6-8-11(10)9(2)3;1-2/h5-8H,2,4H2,1,3H3;1-2H3. The van der Waals surface area contributed by atoms with Crippen LogP contribution >= 0.6 is 0 Å². The van der Waals surface area contributed by atoms with Crippen molar-refractivity contribution < 1.29 is 0 Å². The Morgan fingerprint density at radius 1 is 1.23 bits per heavy atom. The third-order valence-electron chi connectivity index (χ3n) is 1.86. The average Bonchev–Trinajstić information content (AvgIpc) is 2.20. The molecule has 0 aliphatic rings. The van der Waals surface area contributed by atoms with Crippen LogP contribution in [0.3, 0.4) is 0 Å². The molecule has 0 saturated heterocycles. The van der Waals surface area contributed by atoms with Gasteiger partial charge in [-0.05, 0) is 24.5 Å². The van der Waals surface area contributed by atoms with Crippen molar-refractivity contribution in [2.45, 2.75) is 34.1 Å². The normalized spacial score (nSPS) is 8.62. The molecule has 0 spiro atoms. The number of allylic oxidation sites excluding steroid dienone is 1. The Hall–Kier alpha value is -1.04. The molecule has 1 rings (SSSR count). The second-order valence-electron chi connectivity index (χ2n) is 2.79. The highest BCUT2D eigenvalue weighted by Crippen LogP contribution is 2.16. The van der Waals surface area contributed by atoms with E-state index in [0.717, 1.165) is 12.0 Å². The summed E-state index contributed by atoms with van der Waals surface area (Å²) in [6.07, 6.45) is 1.09. The van der Waals surface area contributed by atoms with E-state index in [0.29, 0.717) is 0 Å². The molecule has 0 radical (unpaired) electrons. The van der Waals surface area contributed by atoms with Crippen LogP contribution in [0.15, 0.2) is 30.8 Å². The van der Waals surface area contributed by atoms with E-state index >= 15 is 0 Å². The number of rotatable bonds is 2. The van der Waals surface area contributed by atoms with Gasteiger partial charge in [0.15, 0.2) is 0 Å². The Labute approximate surface area is 82.3 Å². The van der Waals surface area contributed by atoms with Crippen LogP contribution in [0.4, 0.5) is 0 Å². The molecule has 0 aliphatic heterocycles. The summed E-state index contributed by atoms with van der Waals surface area (Å²) in [6.45, 7) is 12.2. The van der Waals surface area contributed by atoms with Crippen LogP contribution in [0.5, 0.6) is 0 Å². The topological polar surface area (TPSA) is 0 Å². The zero-order valence-corrected chi connectivity index (χ0v) is 9.22. The van der Waals surface area contributed by atoms with E-state index < -0.39 is 0 Å². The fourth-order valence-corrected chi connectivity index (χ4v) is 1.24. The van der Waals surface area contributed by atoms with Gasteiger partial charge in [0.05, 0.1) is 0 Å². The highest BCUT2D eigenvalue weighted by Gasteiger charge is 1.97. The molecule has 0 nitrogen and oxygen atoms in total. The maximum absolute atomic E-state index is 3.93. The maximum atomic E-state index is 3.93. The Bertz CT molecular complexity index is 258. The number of hydrogen-bond donors (Lipinski definition) is 0. The predicted molar refractivity (Wildman–Crippen MR) is 61.9 cm³/mol. The summed E-state index contributed by atoms with van der Waals surface area (Å²) in [6, 6.07) is 8.42. The molecule has 0 unspecified atom stereocenters. The van der Waals surface area contributed by atoms with E-state index in [1.165, 1.54) is 11.1 Å². The Balaban J connectivity index is 0.000000671. The number of hydrogen-bond acceptors (Lipinski definition) is 0. The van der Waals surface area contributed by atoms with Crippen LogP contribution in [-0.4, -0.2) is 0 Å². The lowest BCUT2D eigenvalue weighted by atomic mass is 10.0. The monoisotopic (exact) mass is 176 g/mol. The molecule has 0 bridgehead atoms. The molecule has 0 fully saturated rings. The molecule has 13 heavy (non-hydrogen) atoms. The largest absolute Gasteiger partial charge is 0.0955 e. The van der Waals surface area contributed by atoms with Crippen LogP contribution in [0.1, 0.15) is 38.8 Å². The van der Waals surface area contributed by atoms with Gasteiger partial charge in [-0.3, -0.25) is 0 Å². The fourth-order valence-electron chi connectivity index (χ4n) is 1.24. The van der Waals surface area contributed by atoms with Crippen LogP contribution in [0.2, 0.25) is 0 Å². The lowest BCUT2D eigenvalue weighted by molar-refractivity contribution is 1.13. The fraction of sp³-hybridized carbons (Fsp3) is 0.385. The maximum Gasteiger partial charge on any atom is -0.0201 e. The molecule has 0 heteroatoms. The second-order valence-corrected chi connectivity index (χ2v) is 2.79. The smallest absolute Gasteiger partial charge is 0.0201 e. The van der Waals surface area contributed by atoms with Crippen molar-refractivity contribution in [1.29, 1.82) is 0 Å². The molecule has 0 N–H and O–H groups in total. The van der Waals surface area contributed by atoms with E-state index in [1.54, 1.807) is 0 Å². The molecule has 0 aliphatic carbocycles. The molecule has 0 heterocycles. The highest BCUT2D eigenvalue weighted by molar-refractivity contribution is 5.64. The zero-order valence-electron chi connectivity index (χ0n) is 9.22. The van der Waals surface area contributed by atoms with E-state index in [2.05, 4.69) is 44.7 Å². The number of benzene rings is 1. The third kappa shape index (κ3) is 3.45. The van der Waals surface area contributed by atoms with E-state index in [4.69, 9.17) is 0 Å². The van der Waals surface area contributed by atoms with Gasteiger partial charge in [0.25, 0.3) is 0 Å². The van der Waals surface area contributed by atoms with Gasteiger partial charge in [-0.2, -0.15) is 0 Å². The molecule has 0 saturated carbocycles. The second kappa shape index (κ2) is 6.47.